The highest BCUT2D eigenvalue weighted by atomic mass is 32.1. The number of H-pyrrole nitrogens is 1. The Bertz CT molecular complexity index is 1020. The molecule has 1 N–H and O–H groups in total. The fourth-order valence-electron chi connectivity index (χ4n) is 3.65. The number of benzene rings is 1. The molecule has 0 spiro atoms. The zero-order valence-corrected chi connectivity index (χ0v) is 16.8. The van der Waals surface area contributed by atoms with Crippen LogP contribution in [0.2, 0.25) is 0 Å². The fourth-order valence-corrected chi connectivity index (χ4v) is 4.34. The Balaban J connectivity index is 1.65. The summed E-state index contributed by atoms with van der Waals surface area (Å²) in [6, 6.07) is 11.7. The summed E-state index contributed by atoms with van der Waals surface area (Å²) in [6.07, 6.45) is 2.94. The standard InChI is InChI=1S/C22H24N2O3S/c1-2-15-7-8-19-16(11-15)12-17(21(25)23-19)13-24(14-18-5-3-9-27-18)22(26)20-6-4-10-28-20/h4,6-8,10-12,18H,2-3,5,9,13-14H2,1H3,(H,23,25)/t18-/m1/s1. The lowest BCUT2D eigenvalue weighted by Crippen LogP contribution is -2.38. The van der Waals surface area contributed by atoms with Gasteiger partial charge in [0.15, 0.2) is 0 Å². The first kappa shape index (κ1) is 18.9. The van der Waals surface area contributed by atoms with E-state index in [2.05, 4.69) is 18.0 Å². The molecule has 0 radical (unpaired) electrons. The lowest BCUT2D eigenvalue weighted by Gasteiger charge is -2.25. The quantitative estimate of drug-likeness (QED) is 0.686. The number of hydrogen-bond donors (Lipinski definition) is 1. The average molecular weight is 397 g/mol. The summed E-state index contributed by atoms with van der Waals surface area (Å²) in [5.41, 5.74) is 2.49. The monoisotopic (exact) mass is 396 g/mol. The number of nitrogens with one attached hydrogen (secondary N) is 1. The molecule has 3 aromatic rings. The summed E-state index contributed by atoms with van der Waals surface area (Å²) < 4.78 is 5.74. The fraction of sp³-hybridized carbons (Fsp3) is 0.364. The maximum Gasteiger partial charge on any atom is 0.264 e. The lowest BCUT2D eigenvalue weighted by molar-refractivity contribution is 0.0510. The Kier molecular flexibility index (Phi) is 5.59. The molecule has 1 aliphatic rings. The van der Waals surface area contributed by atoms with Gasteiger partial charge in [-0.2, -0.15) is 0 Å². The predicted molar refractivity (Wildman–Crippen MR) is 112 cm³/mol. The number of pyridine rings is 1. The second-order valence-electron chi connectivity index (χ2n) is 7.20. The van der Waals surface area contributed by atoms with Gasteiger partial charge in [0.25, 0.3) is 11.5 Å². The number of nitrogens with zero attached hydrogens (tertiary/aromatic N) is 1. The van der Waals surface area contributed by atoms with Gasteiger partial charge in [0, 0.05) is 24.2 Å². The number of aryl methyl sites for hydroxylation is 1. The highest BCUT2D eigenvalue weighted by Crippen LogP contribution is 2.20. The van der Waals surface area contributed by atoms with E-state index < -0.39 is 0 Å². The number of rotatable bonds is 6. The topological polar surface area (TPSA) is 62.4 Å². The van der Waals surface area contributed by atoms with Crippen LogP contribution in [0, 0.1) is 0 Å². The van der Waals surface area contributed by atoms with Crippen molar-refractivity contribution in [2.24, 2.45) is 0 Å². The molecule has 5 nitrogen and oxygen atoms in total. The van der Waals surface area contributed by atoms with Crippen LogP contribution in [0.25, 0.3) is 10.9 Å². The van der Waals surface area contributed by atoms with Crippen LogP contribution < -0.4 is 5.56 Å². The van der Waals surface area contributed by atoms with Gasteiger partial charge in [-0.1, -0.05) is 19.1 Å². The number of aromatic nitrogens is 1. The molecule has 146 valence electrons. The van der Waals surface area contributed by atoms with Gasteiger partial charge in [-0.15, -0.1) is 11.3 Å². The first-order chi connectivity index (χ1) is 13.6. The molecule has 1 aliphatic heterocycles. The van der Waals surface area contributed by atoms with Crippen molar-refractivity contribution in [2.45, 2.75) is 38.8 Å². The van der Waals surface area contributed by atoms with Crippen molar-refractivity contribution in [3.05, 3.63) is 68.1 Å². The molecular weight excluding hydrogens is 372 g/mol. The number of aromatic amines is 1. The second kappa shape index (κ2) is 8.29. The molecule has 2 aromatic heterocycles. The molecular formula is C22H24N2O3S. The van der Waals surface area contributed by atoms with Gasteiger partial charge in [0.05, 0.1) is 17.5 Å². The number of amides is 1. The zero-order chi connectivity index (χ0) is 19.5. The third kappa shape index (κ3) is 4.03. The van der Waals surface area contributed by atoms with Crippen LogP contribution in [0.5, 0.6) is 0 Å². The molecule has 28 heavy (non-hydrogen) atoms. The molecule has 6 heteroatoms. The summed E-state index contributed by atoms with van der Waals surface area (Å²) in [5.74, 6) is -0.0488. The minimum atomic E-state index is -0.145. The summed E-state index contributed by atoms with van der Waals surface area (Å²) >= 11 is 1.42. The van der Waals surface area contributed by atoms with E-state index in [9.17, 15) is 9.59 Å². The van der Waals surface area contributed by atoms with E-state index >= 15 is 0 Å². The Morgan fingerprint density at radius 2 is 2.21 bits per heavy atom. The van der Waals surface area contributed by atoms with Gasteiger partial charge in [-0.3, -0.25) is 9.59 Å². The maximum absolute atomic E-state index is 13.0. The molecule has 0 unspecified atom stereocenters. The van der Waals surface area contributed by atoms with Crippen LogP contribution in [-0.4, -0.2) is 35.0 Å². The van der Waals surface area contributed by atoms with Crippen LogP contribution in [0.3, 0.4) is 0 Å². The highest BCUT2D eigenvalue weighted by Gasteiger charge is 2.25. The van der Waals surface area contributed by atoms with Crippen molar-refractivity contribution >= 4 is 28.1 Å². The number of hydrogen-bond acceptors (Lipinski definition) is 4. The molecule has 1 atom stereocenters. The smallest absolute Gasteiger partial charge is 0.264 e. The molecule has 1 saturated heterocycles. The maximum atomic E-state index is 13.0. The first-order valence-corrected chi connectivity index (χ1v) is 10.6. The van der Waals surface area contributed by atoms with E-state index in [1.54, 1.807) is 4.90 Å². The van der Waals surface area contributed by atoms with Gasteiger partial charge in [0.2, 0.25) is 0 Å². The molecule has 1 amide bonds. The number of ether oxygens (including phenoxy) is 1. The van der Waals surface area contributed by atoms with E-state index in [0.29, 0.717) is 17.0 Å². The Labute approximate surface area is 168 Å². The molecule has 1 aromatic carbocycles. The predicted octanol–water partition coefficient (Wildman–Crippen LogP) is 3.97. The summed E-state index contributed by atoms with van der Waals surface area (Å²) in [4.78, 5) is 31.1. The minimum absolute atomic E-state index is 0.0372. The van der Waals surface area contributed by atoms with Gasteiger partial charge >= 0.3 is 0 Å². The average Bonchev–Trinajstić information content (AvgIpc) is 3.41. The Morgan fingerprint density at radius 3 is 2.93 bits per heavy atom. The van der Waals surface area contributed by atoms with Crippen LogP contribution in [-0.2, 0) is 17.7 Å². The lowest BCUT2D eigenvalue weighted by atomic mass is 10.1. The number of thiophene rings is 1. The first-order valence-electron chi connectivity index (χ1n) is 9.73. The largest absolute Gasteiger partial charge is 0.376 e. The van der Waals surface area contributed by atoms with Crippen LogP contribution >= 0.6 is 11.3 Å². The number of carbonyl (C=O) groups excluding carboxylic acids is 1. The van der Waals surface area contributed by atoms with Crippen molar-refractivity contribution in [1.82, 2.24) is 9.88 Å². The minimum Gasteiger partial charge on any atom is -0.376 e. The van der Waals surface area contributed by atoms with E-state index in [4.69, 9.17) is 4.74 Å². The summed E-state index contributed by atoms with van der Waals surface area (Å²) in [7, 11) is 0. The second-order valence-corrected chi connectivity index (χ2v) is 8.14. The third-order valence-corrected chi connectivity index (χ3v) is 6.08. The number of carbonyl (C=O) groups is 1. The van der Waals surface area contributed by atoms with Gasteiger partial charge < -0.3 is 14.6 Å². The van der Waals surface area contributed by atoms with E-state index in [1.165, 1.54) is 16.9 Å². The van der Waals surface area contributed by atoms with Gasteiger partial charge in [-0.25, -0.2) is 0 Å². The van der Waals surface area contributed by atoms with Crippen molar-refractivity contribution in [1.29, 1.82) is 0 Å². The Hall–Kier alpha value is -2.44. The van der Waals surface area contributed by atoms with Crippen LogP contribution in [0.4, 0.5) is 0 Å². The molecule has 0 aliphatic carbocycles. The molecule has 3 heterocycles. The molecule has 0 bridgehead atoms. The normalized spacial score (nSPS) is 16.5. The van der Waals surface area contributed by atoms with E-state index in [1.807, 2.05) is 35.7 Å². The van der Waals surface area contributed by atoms with E-state index in [-0.39, 0.29) is 24.1 Å². The zero-order valence-electron chi connectivity index (χ0n) is 15.9. The van der Waals surface area contributed by atoms with Crippen molar-refractivity contribution in [3.63, 3.8) is 0 Å². The van der Waals surface area contributed by atoms with Crippen molar-refractivity contribution < 1.29 is 9.53 Å². The van der Waals surface area contributed by atoms with Crippen molar-refractivity contribution in [3.8, 4) is 0 Å². The highest BCUT2D eigenvalue weighted by molar-refractivity contribution is 7.12. The van der Waals surface area contributed by atoms with Gasteiger partial charge in [-0.05, 0) is 59.9 Å². The van der Waals surface area contributed by atoms with Crippen LogP contribution in [0.15, 0.2) is 46.6 Å². The summed E-state index contributed by atoms with van der Waals surface area (Å²) in [5, 5.41) is 2.89. The van der Waals surface area contributed by atoms with Crippen molar-refractivity contribution in [2.75, 3.05) is 13.2 Å². The third-order valence-electron chi connectivity index (χ3n) is 5.22. The molecule has 0 saturated carbocycles. The Morgan fingerprint density at radius 1 is 1.32 bits per heavy atom. The van der Waals surface area contributed by atoms with Crippen LogP contribution in [0.1, 0.15) is 40.6 Å². The van der Waals surface area contributed by atoms with E-state index in [0.717, 1.165) is 36.8 Å². The SMILES string of the molecule is CCc1ccc2[nH]c(=O)c(CN(C[C@H]3CCCO3)C(=O)c3cccs3)cc2c1. The molecule has 1 fully saturated rings. The molecule has 4 rings (SSSR count). The number of fused-ring (bicyclic) bond motifs is 1. The van der Waals surface area contributed by atoms with Gasteiger partial charge in [0.1, 0.15) is 0 Å². The summed E-state index contributed by atoms with van der Waals surface area (Å²) in [6.45, 7) is 3.63.